The molecule has 0 saturated carbocycles. The van der Waals surface area contributed by atoms with Crippen molar-refractivity contribution >= 4 is 16.3 Å². The molecule has 1 aromatic rings. The van der Waals surface area contributed by atoms with Crippen LogP contribution in [-0.4, -0.2) is 0 Å². The normalized spacial score (nSPS) is 9.88. The van der Waals surface area contributed by atoms with Gasteiger partial charge in [-0.15, -0.1) is 16.5 Å². The van der Waals surface area contributed by atoms with Crippen LogP contribution in [-0.2, 0) is 0 Å². The standard InChI is InChI=1S/C12H10N4S/c1-7(2)9(4)15-16-12-10(5-13)8(3)11(6-14)17-12/h1,4H2,2-3H3. The van der Waals surface area contributed by atoms with E-state index in [2.05, 4.69) is 23.4 Å². The van der Waals surface area contributed by atoms with Gasteiger partial charge in [0.15, 0.2) is 5.00 Å². The quantitative estimate of drug-likeness (QED) is 0.594. The maximum atomic E-state index is 8.99. The van der Waals surface area contributed by atoms with Crippen LogP contribution >= 0.6 is 11.3 Å². The van der Waals surface area contributed by atoms with Crippen LogP contribution in [0.15, 0.2) is 34.7 Å². The number of azo groups is 1. The predicted molar refractivity (Wildman–Crippen MR) is 67.0 cm³/mol. The Labute approximate surface area is 104 Å². The fourth-order valence-corrected chi connectivity index (χ4v) is 1.87. The highest BCUT2D eigenvalue weighted by Crippen LogP contribution is 2.34. The minimum atomic E-state index is 0.393. The molecule has 0 unspecified atom stereocenters. The highest BCUT2D eigenvalue weighted by Gasteiger charge is 2.14. The van der Waals surface area contributed by atoms with E-state index in [-0.39, 0.29) is 0 Å². The van der Waals surface area contributed by atoms with Crippen LogP contribution in [0.4, 0.5) is 5.00 Å². The molecule has 1 aromatic heterocycles. The van der Waals surface area contributed by atoms with Crippen LogP contribution in [0.1, 0.15) is 22.9 Å². The molecule has 0 spiro atoms. The summed E-state index contributed by atoms with van der Waals surface area (Å²) in [6, 6.07) is 4.05. The average Bonchev–Trinajstić information content (AvgIpc) is 2.61. The topological polar surface area (TPSA) is 72.3 Å². The van der Waals surface area contributed by atoms with Crippen molar-refractivity contribution in [1.29, 1.82) is 10.5 Å². The van der Waals surface area contributed by atoms with Gasteiger partial charge < -0.3 is 0 Å². The molecule has 0 atom stereocenters. The summed E-state index contributed by atoms with van der Waals surface area (Å²) in [5.74, 6) is 0. The minimum absolute atomic E-state index is 0.393. The molecule has 0 bridgehead atoms. The molecule has 17 heavy (non-hydrogen) atoms. The molecule has 1 rings (SSSR count). The molecule has 4 nitrogen and oxygen atoms in total. The Kier molecular flexibility index (Phi) is 3.92. The smallest absolute Gasteiger partial charge is 0.158 e. The van der Waals surface area contributed by atoms with E-state index in [0.29, 0.717) is 32.3 Å². The van der Waals surface area contributed by atoms with Gasteiger partial charge in [0.2, 0.25) is 0 Å². The lowest BCUT2D eigenvalue weighted by Crippen LogP contribution is -1.77. The van der Waals surface area contributed by atoms with Crippen LogP contribution < -0.4 is 0 Å². The lowest BCUT2D eigenvalue weighted by Gasteiger charge is -1.93. The van der Waals surface area contributed by atoms with Gasteiger partial charge in [0, 0.05) is 0 Å². The van der Waals surface area contributed by atoms with E-state index < -0.39 is 0 Å². The second-order valence-corrected chi connectivity index (χ2v) is 4.39. The first-order chi connectivity index (χ1) is 8.01. The molecule has 0 fully saturated rings. The fourth-order valence-electron chi connectivity index (χ4n) is 0.998. The molecule has 0 saturated heterocycles. The van der Waals surface area contributed by atoms with Gasteiger partial charge in [-0.1, -0.05) is 13.2 Å². The van der Waals surface area contributed by atoms with Gasteiger partial charge >= 0.3 is 0 Å². The molecule has 1 heterocycles. The molecule has 0 aliphatic rings. The maximum Gasteiger partial charge on any atom is 0.158 e. The molecule has 0 aliphatic carbocycles. The van der Waals surface area contributed by atoms with Gasteiger partial charge in [-0.05, 0) is 25.0 Å². The Bertz CT molecular complexity index is 593. The zero-order chi connectivity index (χ0) is 13.0. The van der Waals surface area contributed by atoms with Crippen molar-refractivity contribution in [3.05, 3.63) is 40.4 Å². The van der Waals surface area contributed by atoms with Crippen LogP contribution in [0.3, 0.4) is 0 Å². The summed E-state index contributed by atoms with van der Waals surface area (Å²) >= 11 is 1.15. The second-order valence-electron chi connectivity index (χ2n) is 3.39. The van der Waals surface area contributed by atoms with Crippen molar-refractivity contribution < 1.29 is 0 Å². The number of allylic oxidation sites excluding steroid dienone is 1. The summed E-state index contributed by atoms with van der Waals surface area (Å²) in [6.07, 6.45) is 0. The largest absolute Gasteiger partial charge is 0.192 e. The van der Waals surface area contributed by atoms with Crippen LogP contribution in [0, 0.1) is 29.6 Å². The van der Waals surface area contributed by atoms with Crippen molar-refractivity contribution in [2.75, 3.05) is 0 Å². The molecule has 0 N–H and O–H groups in total. The minimum Gasteiger partial charge on any atom is -0.192 e. The van der Waals surface area contributed by atoms with E-state index in [4.69, 9.17) is 10.5 Å². The highest BCUT2D eigenvalue weighted by molar-refractivity contribution is 7.16. The van der Waals surface area contributed by atoms with Gasteiger partial charge in [-0.3, -0.25) is 0 Å². The molecular formula is C12H10N4S. The fraction of sp³-hybridized carbons (Fsp3) is 0.167. The Morgan fingerprint density at radius 1 is 1.29 bits per heavy atom. The zero-order valence-corrected chi connectivity index (χ0v) is 10.4. The Morgan fingerprint density at radius 2 is 1.94 bits per heavy atom. The molecule has 0 radical (unpaired) electrons. The van der Waals surface area contributed by atoms with E-state index >= 15 is 0 Å². The average molecular weight is 242 g/mol. The van der Waals surface area contributed by atoms with Gasteiger partial charge in [-0.2, -0.15) is 15.6 Å². The third kappa shape index (κ3) is 2.66. The highest BCUT2D eigenvalue weighted by atomic mass is 32.1. The summed E-state index contributed by atoms with van der Waals surface area (Å²) in [7, 11) is 0. The lowest BCUT2D eigenvalue weighted by molar-refractivity contribution is 1.15. The van der Waals surface area contributed by atoms with Crippen LogP contribution in [0.2, 0.25) is 0 Å². The van der Waals surface area contributed by atoms with Crippen molar-refractivity contribution in [3.8, 4) is 12.1 Å². The summed E-state index contributed by atoms with van der Waals surface area (Å²) in [6.45, 7) is 10.8. The van der Waals surface area contributed by atoms with E-state index in [1.807, 2.05) is 12.1 Å². The zero-order valence-electron chi connectivity index (χ0n) is 9.61. The van der Waals surface area contributed by atoms with Gasteiger partial charge in [0.25, 0.3) is 0 Å². The molecule has 0 aromatic carbocycles. The SMILES string of the molecule is C=C(C)C(=C)N=Nc1sc(C#N)c(C)c1C#N. The summed E-state index contributed by atoms with van der Waals surface area (Å²) in [4.78, 5) is 0.483. The third-order valence-corrected chi connectivity index (χ3v) is 3.18. The molecular weight excluding hydrogens is 232 g/mol. The first-order valence-electron chi connectivity index (χ1n) is 4.71. The Hall–Kier alpha value is -2.24. The number of hydrogen-bond donors (Lipinski definition) is 0. The van der Waals surface area contributed by atoms with E-state index in [1.54, 1.807) is 13.8 Å². The Morgan fingerprint density at radius 3 is 2.41 bits per heavy atom. The monoisotopic (exact) mass is 242 g/mol. The molecule has 0 aliphatic heterocycles. The van der Waals surface area contributed by atoms with E-state index in [1.165, 1.54) is 0 Å². The third-order valence-electron chi connectivity index (χ3n) is 2.10. The van der Waals surface area contributed by atoms with Crippen molar-refractivity contribution in [2.24, 2.45) is 10.2 Å². The maximum absolute atomic E-state index is 8.99. The van der Waals surface area contributed by atoms with Crippen molar-refractivity contribution in [3.63, 3.8) is 0 Å². The van der Waals surface area contributed by atoms with Crippen LogP contribution in [0.5, 0.6) is 0 Å². The van der Waals surface area contributed by atoms with Gasteiger partial charge in [0.1, 0.15) is 17.0 Å². The van der Waals surface area contributed by atoms with Crippen LogP contribution in [0.25, 0.3) is 0 Å². The second kappa shape index (κ2) is 5.20. The number of rotatable bonds is 3. The molecule has 5 heteroatoms. The van der Waals surface area contributed by atoms with E-state index in [0.717, 1.165) is 11.3 Å². The first-order valence-corrected chi connectivity index (χ1v) is 5.53. The van der Waals surface area contributed by atoms with Gasteiger partial charge in [0.05, 0.1) is 11.3 Å². The molecule has 0 amide bonds. The summed E-state index contributed by atoms with van der Waals surface area (Å²) < 4.78 is 0. The Balaban J connectivity index is 3.18. The summed E-state index contributed by atoms with van der Waals surface area (Å²) in [5.41, 5.74) is 2.21. The predicted octanol–water partition coefficient (Wildman–Crippen LogP) is 3.97. The number of nitriles is 2. The lowest BCUT2D eigenvalue weighted by atomic mass is 10.2. The first kappa shape index (κ1) is 12.8. The van der Waals surface area contributed by atoms with E-state index in [9.17, 15) is 0 Å². The van der Waals surface area contributed by atoms with Crippen molar-refractivity contribution in [2.45, 2.75) is 13.8 Å². The molecule has 84 valence electrons. The number of hydrogen-bond acceptors (Lipinski definition) is 5. The van der Waals surface area contributed by atoms with Crippen molar-refractivity contribution in [1.82, 2.24) is 0 Å². The van der Waals surface area contributed by atoms with Gasteiger partial charge in [-0.25, -0.2) is 0 Å². The number of thiophene rings is 1. The summed E-state index contributed by atoms with van der Waals surface area (Å²) in [5, 5.41) is 26.1. The number of nitrogens with zero attached hydrogens (tertiary/aromatic N) is 4.